The van der Waals surface area contributed by atoms with Crippen molar-refractivity contribution in [3.05, 3.63) is 38.3 Å². The zero-order chi connectivity index (χ0) is 15.6. The highest BCUT2D eigenvalue weighted by molar-refractivity contribution is 7.71. The van der Waals surface area contributed by atoms with Gasteiger partial charge >= 0.3 is 0 Å². The number of halogens is 2. The van der Waals surface area contributed by atoms with Crippen molar-refractivity contribution in [2.24, 2.45) is 5.10 Å². The topological polar surface area (TPSA) is 55.2 Å². The van der Waals surface area contributed by atoms with E-state index in [2.05, 4.69) is 15.3 Å². The van der Waals surface area contributed by atoms with E-state index >= 15 is 0 Å². The van der Waals surface area contributed by atoms with Crippen molar-refractivity contribution in [1.82, 2.24) is 14.9 Å². The van der Waals surface area contributed by atoms with Crippen LogP contribution in [0.1, 0.15) is 31.2 Å². The van der Waals surface area contributed by atoms with Crippen molar-refractivity contribution in [1.29, 1.82) is 0 Å². The molecule has 1 aromatic heterocycles. The summed E-state index contributed by atoms with van der Waals surface area (Å²) in [6.07, 6.45) is 1.62. The first-order valence-corrected chi connectivity index (χ1v) is 7.35. The molecule has 0 unspecified atom stereocenters. The second-order valence-electron chi connectivity index (χ2n) is 4.62. The molecular weight excluding hydrogens is 331 g/mol. The summed E-state index contributed by atoms with van der Waals surface area (Å²) in [7, 11) is 1.51. The number of hydrogen-bond donors (Lipinski definition) is 1. The predicted molar refractivity (Wildman–Crippen MR) is 87.5 cm³/mol. The average Bonchev–Trinajstić information content (AvgIpc) is 2.77. The minimum atomic E-state index is 0.193. The van der Waals surface area contributed by atoms with Crippen LogP contribution in [0.25, 0.3) is 0 Å². The fraction of sp³-hybridized carbons (Fsp3) is 0.308. The highest BCUT2D eigenvalue weighted by atomic mass is 35.5. The Morgan fingerprint density at radius 1 is 1.38 bits per heavy atom. The number of H-pyrrole nitrogens is 1. The van der Waals surface area contributed by atoms with E-state index in [1.54, 1.807) is 23.0 Å². The van der Waals surface area contributed by atoms with Gasteiger partial charge in [0.2, 0.25) is 4.77 Å². The molecule has 112 valence electrons. The Kier molecular flexibility index (Phi) is 5.03. The van der Waals surface area contributed by atoms with E-state index in [9.17, 15) is 0 Å². The van der Waals surface area contributed by atoms with Gasteiger partial charge in [-0.05, 0) is 29.9 Å². The number of hydrogen-bond acceptors (Lipinski definition) is 4. The summed E-state index contributed by atoms with van der Waals surface area (Å²) in [4.78, 5) is 0. The molecule has 0 saturated carbocycles. The van der Waals surface area contributed by atoms with Crippen LogP contribution in [-0.2, 0) is 0 Å². The lowest BCUT2D eigenvalue weighted by molar-refractivity contribution is 0.415. The van der Waals surface area contributed by atoms with Crippen molar-refractivity contribution < 1.29 is 4.74 Å². The minimum absolute atomic E-state index is 0.193. The van der Waals surface area contributed by atoms with Gasteiger partial charge in [0.15, 0.2) is 11.6 Å². The van der Waals surface area contributed by atoms with E-state index in [1.165, 1.54) is 7.11 Å². The lowest BCUT2D eigenvalue weighted by atomic mass is 10.2. The summed E-state index contributed by atoms with van der Waals surface area (Å²) in [5.41, 5.74) is 0.739. The zero-order valence-electron chi connectivity index (χ0n) is 11.7. The first-order chi connectivity index (χ1) is 9.93. The van der Waals surface area contributed by atoms with Gasteiger partial charge in [0.05, 0.1) is 23.4 Å². The lowest BCUT2D eigenvalue weighted by Crippen LogP contribution is -2.01. The van der Waals surface area contributed by atoms with Gasteiger partial charge in [-0.15, -0.1) is 0 Å². The Morgan fingerprint density at radius 3 is 2.52 bits per heavy atom. The molecule has 0 aliphatic rings. The molecular formula is C13H14Cl2N4OS. The van der Waals surface area contributed by atoms with Crippen molar-refractivity contribution in [2.45, 2.75) is 19.8 Å². The molecule has 0 radical (unpaired) electrons. The predicted octanol–water partition coefficient (Wildman–Crippen LogP) is 4.26. The molecule has 2 aromatic rings. The monoisotopic (exact) mass is 344 g/mol. The Hall–Kier alpha value is -1.37. The number of nitrogens with one attached hydrogen (secondary N) is 1. The molecule has 1 heterocycles. The first-order valence-electron chi connectivity index (χ1n) is 6.18. The maximum Gasteiger partial charge on any atom is 0.216 e. The van der Waals surface area contributed by atoms with E-state index in [0.717, 1.165) is 11.4 Å². The quantitative estimate of drug-likeness (QED) is 0.665. The summed E-state index contributed by atoms with van der Waals surface area (Å²) < 4.78 is 7.11. The van der Waals surface area contributed by atoms with Gasteiger partial charge in [-0.3, -0.25) is 5.10 Å². The van der Waals surface area contributed by atoms with Gasteiger partial charge in [0.25, 0.3) is 0 Å². The molecule has 0 aliphatic heterocycles. The number of ether oxygens (including phenoxy) is 1. The molecule has 2 rings (SSSR count). The fourth-order valence-electron chi connectivity index (χ4n) is 1.76. The molecule has 0 atom stereocenters. The Morgan fingerprint density at radius 2 is 2.00 bits per heavy atom. The molecule has 5 nitrogen and oxygen atoms in total. The molecule has 0 aliphatic carbocycles. The highest BCUT2D eigenvalue weighted by Gasteiger charge is 2.10. The van der Waals surface area contributed by atoms with E-state index < -0.39 is 0 Å². The van der Waals surface area contributed by atoms with Crippen LogP contribution in [0, 0.1) is 4.77 Å². The van der Waals surface area contributed by atoms with Crippen LogP contribution in [0.4, 0.5) is 0 Å². The van der Waals surface area contributed by atoms with Crippen LogP contribution in [-0.4, -0.2) is 28.2 Å². The normalized spacial score (nSPS) is 11.5. The van der Waals surface area contributed by atoms with Crippen LogP contribution >= 0.6 is 35.4 Å². The third-order valence-electron chi connectivity index (χ3n) is 2.74. The highest BCUT2D eigenvalue weighted by Crippen LogP contribution is 2.33. The van der Waals surface area contributed by atoms with E-state index in [1.807, 2.05) is 13.8 Å². The summed E-state index contributed by atoms with van der Waals surface area (Å²) in [6, 6.07) is 3.43. The Balaban J connectivity index is 2.39. The maximum atomic E-state index is 6.09. The Labute approximate surface area is 137 Å². The van der Waals surface area contributed by atoms with Gasteiger partial charge in [-0.25, -0.2) is 0 Å². The minimum Gasteiger partial charge on any atom is -0.494 e. The van der Waals surface area contributed by atoms with Crippen LogP contribution in [0.3, 0.4) is 0 Å². The summed E-state index contributed by atoms with van der Waals surface area (Å²) in [5, 5.41) is 12.1. The maximum absolute atomic E-state index is 6.09. The average molecular weight is 345 g/mol. The van der Waals surface area contributed by atoms with Gasteiger partial charge in [0.1, 0.15) is 0 Å². The summed E-state index contributed by atoms with van der Waals surface area (Å²) in [5.74, 6) is 1.39. The van der Waals surface area contributed by atoms with Gasteiger partial charge in [0, 0.05) is 5.92 Å². The molecule has 0 bridgehead atoms. The largest absolute Gasteiger partial charge is 0.494 e. The van der Waals surface area contributed by atoms with Crippen molar-refractivity contribution in [3.8, 4) is 5.75 Å². The van der Waals surface area contributed by atoms with Crippen molar-refractivity contribution >= 4 is 41.6 Å². The van der Waals surface area contributed by atoms with Crippen LogP contribution in [0.2, 0.25) is 10.0 Å². The number of aromatic amines is 1. The smallest absolute Gasteiger partial charge is 0.216 e. The third-order valence-corrected chi connectivity index (χ3v) is 3.56. The van der Waals surface area contributed by atoms with Gasteiger partial charge < -0.3 is 4.74 Å². The van der Waals surface area contributed by atoms with Crippen LogP contribution in [0.15, 0.2) is 17.2 Å². The number of methoxy groups -OCH3 is 1. The molecule has 0 fully saturated rings. The molecule has 0 saturated heterocycles. The molecule has 0 amide bonds. The van der Waals surface area contributed by atoms with Crippen LogP contribution in [0.5, 0.6) is 5.75 Å². The third kappa shape index (κ3) is 3.45. The number of benzene rings is 1. The molecule has 0 spiro atoms. The standard InChI is InChI=1S/C13H14Cl2N4OS/c1-7(2)12-17-18-13(21)19(12)16-6-8-4-9(14)11(20-3)10(15)5-8/h4-7H,1-3H3,(H,18,21)/b16-6-. The van der Waals surface area contributed by atoms with Crippen molar-refractivity contribution in [2.75, 3.05) is 7.11 Å². The van der Waals surface area contributed by atoms with Gasteiger partial charge in [-0.1, -0.05) is 37.0 Å². The number of rotatable bonds is 4. The van der Waals surface area contributed by atoms with E-state index in [-0.39, 0.29) is 5.92 Å². The van der Waals surface area contributed by atoms with Crippen LogP contribution < -0.4 is 4.74 Å². The van der Waals surface area contributed by atoms with Crippen molar-refractivity contribution in [3.63, 3.8) is 0 Å². The first kappa shape index (κ1) is 16.0. The SMILES string of the molecule is COc1c(Cl)cc(/C=N\n2c(C(C)C)n[nH]c2=S)cc1Cl. The second-order valence-corrected chi connectivity index (χ2v) is 5.82. The van der Waals surface area contributed by atoms with E-state index in [4.69, 9.17) is 40.2 Å². The summed E-state index contributed by atoms with van der Waals surface area (Å²) >= 11 is 17.3. The Bertz CT molecular complexity index is 713. The molecule has 1 N–H and O–H groups in total. The molecule has 1 aromatic carbocycles. The number of aromatic nitrogens is 3. The second kappa shape index (κ2) is 6.60. The van der Waals surface area contributed by atoms with E-state index in [0.29, 0.717) is 20.6 Å². The zero-order valence-corrected chi connectivity index (χ0v) is 14.1. The number of nitrogens with zero attached hydrogens (tertiary/aromatic N) is 3. The van der Waals surface area contributed by atoms with Gasteiger partial charge in [-0.2, -0.15) is 14.9 Å². The molecule has 8 heteroatoms. The molecule has 21 heavy (non-hydrogen) atoms. The lowest BCUT2D eigenvalue weighted by Gasteiger charge is -2.06. The fourth-order valence-corrected chi connectivity index (χ4v) is 2.61. The summed E-state index contributed by atoms with van der Waals surface area (Å²) in [6.45, 7) is 4.02.